The smallest absolute Gasteiger partial charge is 0.254 e. The molecule has 0 N–H and O–H groups in total. The molecule has 98 valence electrons. The first-order valence-electron chi connectivity index (χ1n) is 6.80. The molecule has 0 saturated heterocycles. The van der Waals surface area contributed by atoms with E-state index in [1.165, 1.54) is 24.8 Å². The Labute approximate surface area is 123 Å². The molecular weight excluding hydrogens is 337 g/mol. The highest BCUT2D eigenvalue weighted by molar-refractivity contribution is 14.1. The molecule has 0 aliphatic carbocycles. The molecule has 1 amide bonds. The van der Waals surface area contributed by atoms with Crippen LogP contribution in [0.4, 0.5) is 0 Å². The third kappa shape index (κ3) is 3.25. The minimum Gasteiger partial charge on any atom is -0.338 e. The van der Waals surface area contributed by atoms with Gasteiger partial charge in [-0.05, 0) is 53.1 Å². The molecule has 18 heavy (non-hydrogen) atoms. The fraction of sp³-hybridized carbons (Fsp3) is 0.533. The number of carbonyl (C=O) groups excluding carboxylic acids is 1. The van der Waals surface area contributed by atoms with E-state index < -0.39 is 0 Å². The zero-order valence-corrected chi connectivity index (χ0v) is 13.1. The van der Waals surface area contributed by atoms with Crippen LogP contribution in [-0.2, 0) is 6.42 Å². The van der Waals surface area contributed by atoms with Crippen LogP contribution in [0.1, 0.15) is 48.5 Å². The molecule has 0 fully saturated rings. The van der Waals surface area contributed by atoms with Crippen molar-refractivity contribution in [3.05, 3.63) is 32.9 Å². The SMILES string of the molecule is CCCCCCN1CCc2ccc(I)cc2C1=O. The fourth-order valence-corrected chi connectivity index (χ4v) is 2.93. The maximum absolute atomic E-state index is 12.4. The van der Waals surface area contributed by atoms with Crippen LogP contribution >= 0.6 is 22.6 Å². The Balaban J connectivity index is 1.99. The van der Waals surface area contributed by atoms with Gasteiger partial charge in [-0.3, -0.25) is 4.79 Å². The number of amides is 1. The molecule has 2 rings (SSSR count). The Morgan fingerprint density at radius 2 is 2.11 bits per heavy atom. The van der Waals surface area contributed by atoms with E-state index in [4.69, 9.17) is 0 Å². The standard InChI is InChI=1S/C15H20INO/c1-2-3-4-5-9-17-10-8-12-6-7-13(16)11-14(12)15(17)18/h6-7,11H,2-5,8-10H2,1H3. The second-order valence-electron chi connectivity index (χ2n) is 4.90. The summed E-state index contributed by atoms with van der Waals surface area (Å²) in [5.74, 6) is 0.228. The van der Waals surface area contributed by atoms with Crippen molar-refractivity contribution in [1.29, 1.82) is 0 Å². The maximum Gasteiger partial charge on any atom is 0.254 e. The minimum atomic E-state index is 0.228. The number of fused-ring (bicyclic) bond motifs is 1. The summed E-state index contributed by atoms with van der Waals surface area (Å²) < 4.78 is 1.15. The summed E-state index contributed by atoms with van der Waals surface area (Å²) in [6.07, 6.45) is 5.90. The number of nitrogens with zero attached hydrogens (tertiary/aromatic N) is 1. The van der Waals surface area contributed by atoms with E-state index in [2.05, 4.69) is 41.6 Å². The number of carbonyl (C=O) groups is 1. The van der Waals surface area contributed by atoms with Crippen molar-refractivity contribution in [2.24, 2.45) is 0 Å². The van der Waals surface area contributed by atoms with Crippen molar-refractivity contribution >= 4 is 28.5 Å². The van der Waals surface area contributed by atoms with Gasteiger partial charge < -0.3 is 4.90 Å². The highest BCUT2D eigenvalue weighted by Gasteiger charge is 2.23. The summed E-state index contributed by atoms with van der Waals surface area (Å²) in [4.78, 5) is 14.4. The van der Waals surface area contributed by atoms with E-state index in [9.17, 15) is 4.79 Å². The van der Waals surface area contributed by atoms with Crippen molar-refractivity contribution in [3.8, 4) is 0 Å². The fourth-order valence-electron chi connectivity index (χ4n) is 2.44. The van der Waals surface area contributed by atoms with Gasteiger partial charge in [0, 0.05) is 22.2 Å². The molecule has 1 aromatic carbocycles. The minimum absolute atomic E-state index is 0.228. The van der Waals surface area contributed by atoms with E-state index in [-0.39, 0.29) is 5.91 Å². The van der Waals surface area contributed by atoms with Crippen molar-refractivity contribution in [3.63, 3.8) is 0 Å². The van der Waals surface area contributed by atoms with Gasteiger partial charge in [0.25, 0.3) is 5.91 Å². The molecule has 0 spiro atoms. The van der Waals surface area contributed by atoms with Gasteiger partial charge in [0.05, 0.1) is 0 Å². The lowest BCUT2D eigenvalue weighted by molar-refractivity contribution is 0.0736. The molecule has 1 aromatic rings. The van der Waals surface area contributed by atoms with Crippen molar-refractivity contribution in [1.82, 2.24) is 4.90 Å². The van der Waals surface area contributed by atoms with Crippen LogP contribution in [-0.4, -0.2) is 23.9 Å². The maximum atomic E-state index is 12.4. The molecule has 0 radical (unpaired) electrons. The van der Waals surface area contributed by atoms with Gasteiger partial charge in [0.1, 0.15) is 0 Å². The number of hydrogen-bond acceptors (Lipinski definition) is 1. The lowest BCUT2D eigenvalue weighted by Gasteiger charge is -2.28. The Hall–Kier alpha value is -0.580. The van der Waals surface area contributed by atoms with Gasteiger partial charge in [0.2, 0.25) is 0 Å². The molecule has 1 aliphatic heterocycles. The van der Waals surface area contributed by atoms with Crippen LogP contribution in [0.25, 0.3) is 0 Å². The lowest BCUT2D eigenvalue weighted by Crippen LogP contribution is -2.38. The van der Waals surface area contributed by atoms with Crippen LogP contribution in [0.5, 0.6) is 0 Å². The molecule has 3 heteroatoms. The Morgan fingerprint density at radius 1 is 1.28 bits per heavy atom. The molecular formula is C15H20INO. The number of unbranched alkanes of at least 4 members (excludes halogenated alkanes) is 3. The van der Waals surface area contributed by atoms with Crippen molar-refractivity contribution < 1.29 is 4.79 Å². The third-order valence-electron chi connectivity index (χ3n) is 3.52. The van der Waals surface area contributed by atoms with Crippen LogP contribution < -0.4 is 0 Å². The van der Waals surface area contributed by atoms with E-state index in [1.807, 2.05) is 11.0 Å². The molecule has 0 aromatic heterocycles. The van der Waals surface area contributed by atoms with Crippen molar-refractivity contribution in [2.75, 3.05) is 13.1 Å². The van der Waals surface area contributed by atoms with Gasteiger partial charge in [-0.2, -0.15) is 0 Å². The summed E-state index contributed by atoms with van der Waals surface area (Å²) in [5.41, 5.74) is 2.13. The Morgan fingerprint density at radius 3 is 2.89 bits per heavy atom. The largest absolute Gasteiger partial charge is 0.338 e. The first-order chi connectivity index (χ1) is 8.72. The molecule has 2 nitrogen and oxygen atoms in total. The monoisotopic (exact) mass is 357 g/mol. The van der Waals surface area contributed by atoms with Crippen LogP contribution in [0.15, 0.2) is 18.2 Å². The van der Waals surface area contributed by atoms with E-state index >= 15 is 0 Å². The summed E-state index contributed by atoms with van der Waals surface area (Å²) in [6, 6.07) is 6.21. The van der Waals surface area contributed by atoms with E-state index in [0.717, 1.165) is 35.1 Å². The van der Waals surface area contributed by atoms with Crippen molar-refractivity contribution in [2.45, 2.75) is 39.0 Å². The Bertz CT molecular complexity index is 431. The van der Waals surface area contributed by atoms with E-state index in [1.54, 1.807) is 0 Å². The quantitative estimate of drug-likeness (QED) is 0.579. The normalized spacial score (nSPS) is 14.8. The topological polar surface area (TPSA) is 20.3 Å². The van der Waals surface area contributed by atoms with Crippen LogP contribution in [0.2, 0.25) is 0 Å². The summed E-state index contributed by atoms with van der Waals surface area (Å²) in [6.45, 7) is 4.02. The summed E-state index contributed by atoms with van der Waals surface area (Å²) in [5, 5.41) is 0. The van der Waals surface area contributed by atoms with Gasteiger partial charge in [-0.1, -0.05) is 32.3 Å². The summed E-state index contributed by atoms with van der Waals surface area (Å²) >= 11 is 2.27. The lowest BCUT2D eigenvalue weighted by atomic mass is 9.99. The predicted octanol–water partition coefficient (Wildman–Crippen LogP) is 3.87. The average Bonchev–Trinajstić information content (AvgIpc) is 2.38. The number of benzene rings is 1. The zero-order valence-electron chi connectivity index (χ0n) is 10.9. The molecule has 1 heterocycles. The predicted molar refractivity (Wildman–Crippen MR) is 82.9 cm³/mol. The highest BCUT2D eigenvalue weighted by Crippen LogP contribution is 2.21. The molecule has 0 bridgehead atoms. The highest BCUT2D eigenvalue weighted by atomic mass is 127. The van der Waals surface area contributed by atoms with Gasteiger partial charge in [-0.15, -0.1) is 0 Å². The van der Waals surface area contributed by atoms with Crippen LogP contribution in [0, 0.1) is 3.57 Å². The van der Waals surface area contributed by atoms with Crippen LogP contribution in [0.3, 0.4) is 0 Å². The number of rotatable bonds is 5. The second-order valence-corrected chi connectivity index (χ2v) is 6.15. The van der Waals surface area contributed by atoms with Gasteiger partial charge in [0.15, 0.2) is 0 Å². The first kappa shape index (κ1) is 13.8. The number of hydrogen-bond donors (Lipinski definition) is 0. The number of halogens is 1. The third-order valence-corrected chi connectivity index (χ3v) is 4.19. The molecule has 0 unspecified atom stereocenters. The molecule has 0 atom stereocenters. The molecule has 0 saturated carbocycles. The summed E-state index contributed by atoms with van der Waals surface area (Å²) in [7, 11) is 0. The van der Waals surface area contributed by atoms with Gasteiger partial charge >= 0.3 is 0 Å². The van der Waals surface area contributed by atoms with E-state index in [0.29, 0.717) is 0 Å². The first-order valence-corrected chi connectivity index (χ1v) is 7.88. The molecule has 1 aliphatic rings. The second kappa shape index (κ2) is 6.55. The van der Waals surface area contributed by atoms with Gasteiger partial charge in [-0.25, -0.2) is 0 Å². The zero-order chi connectivity index (χ0) is 13.0. The Kier molecular flexibility index (Phi) is 5.03. The average molecular weight is 357 g/mol.